The fraction of sp³-hybridized carbons (Fsp3) is 0.278. The van der Waals surface area contributed by atoms with Crippen molar-refractivity contribution in [1.29, 1.82) is 0 Å². The zero-order valence-electron chi connectivity index (χ0n) is 15.1. The SMILES string of the molecule is COc1cc(C(=O)N2CCOc3ccc([N+](=O)[O-])cc32)cc(OC)c1OC. The Morgan fingerprint density at radius 3 is 2.33 bits per heavy atom. The van der Waals surface area contributed by atoms with Gasteiger partial charge in [0.15, 0.2) is 11.5 Å². The molecule has 0 unspecified atom stereocenters. The summed E-state index contributed by atoms with van der Waals surface area (Å²) in [5, 5.41) is 11.1. The van der Waals surface area contributed by atoms with Gasteiger partial charge in [-0.2, -0.15) is 0 Å². The maximum atomic E-state index is 13.1. The predicted molar refractivity (Wildman–Crippen MR) is 96.4 cm³/mol. The number of hydrogen-bond donors (Lipinski definition) is 0. The molecule has 1 aliphatic heterocycles. The van der Waals surface area contributed by atoms with E-state index >= 15 is 0 Å². The second-order valence-corrected chi connectivity index (χ2v) is 5.63. The minimum atomic E-state index is -0.517. The molecule has 9 nitrogen and oxygen atoms in total. The van der Waals surface area contributed by atoms with Gasteiger partial charge in [0.25, 0.3) is 11.6 Å². The Labute approximate surface area is 155 Å². The summed E-state index contributed by atoms with van der Waals surface area (Å²) in [6.45, 7) is 0.532. The van der Waals surface area contributed by atoms with Crippen molar-refractivity contribution >= 4 is 17.3 Å². The Kier molecular flexibility index (Phi) is 5.02. The molecule has 0 aromatic heterocycles. The van der Waals surface area contributed by atoms with Gasteiger partial charge in [0, 0.05) is 17.7 Å². The standard InChI is InChI=1S/C18H18N2O7/c1-24-15-8-11(9-16(25-2)17(15)26-3)18(21)19-6-7-27-14-5-4-12(20(22)23)10-13(14)19/h4-5,8-10H,6-7H2,1-3H3. The van der Waals surface area contributed by atoms with Crippen molar-refractivity contribution in [1.82, 2.24) is 0 Å². The summed E-state index contributed by atoms with van der Waals surface area (Å²) >= 11 is 0. The number of ether oxygens (including phenoxy) is 4. The first-order valence-corrected chi connectivity index (χ1v) is 8.03. The Balaban J connectivity index is 2.05. The van der Waals surface area contributed by atoms with E-state index in [2.05, 4.69) is 0 Å². The lowest BCUT2D eigenvalue weighted by molar-refractivity contribution is -0.384. The van der Waals surface area contributed by atoms with Crippen molar-refractivity contribution < 1.29 is 28.7 Å². The fourth-order valence-corrected chi connectivity index (χ4v) is 2.89. The number of nitro benzene ring substituents is 1. The molecule has 1 heterocycles. The van der Waals surface area contributed by atoms with Gasteiger partial charge in [-0.15, -0.1) is 0 Å². The largest absolute Gasteiger partial charge is 0.493 e. The normalized spacial score (nSPS) is 12.6. The van der Waals surface area contributed by atoms with E-state index in [0.29, 0.717) is 34.2 Å². The van der Waals surface area contributed by atoms with E-state index in [1.54, 1.807) is 0 Å². The number of rotatable bonds is 5. The highest BCUT2D eigenvalue weighted by atomic mass is 16.6. The van der Waals surface area contributed by atoms with Gasteiger partial charge >= 0.3 is 0 Å². The predicted octanol–water partition coefficient (Wildman–Crippen LogP) is 2.66. The van der Waals surface area contributed by atoms with Gasteiger partial charge in [-0.3, -0.25) is 14.9 Å². The minimum absolute atomic E-state index is 0.123. The van der Waals surface area contributed by atoms with E-state index < -0.39 is 4.92 Å². The van der Waals surface area contributed by atoms with Crippen LogP contribution in [-0.4, -0.2) is 45.3 Å². The van der Waals surface area contributed by atoms with E-state index in [9.17, 15) is 14.9 Å². The molecule has 0 spiro atoms. The van der Waals surface area contributed by atoms with Crippen LogP contribution in [0.2, 0.25) is 0 Å². The molecule has 2 aromatic rings. The molecule has 9 heteroatoms. The van der Waals surface area contributed by atoms with Crippen LogP contribution in [0.15, 0.2) is 30.3 Å². The van der Waals surface area contributed by atoms with Crippen molar-refractivity contribution in [3.8, 4) is 23.0 Å². The molecule has 0 aliphatic carbocycles. The molecular weight excluding hydrogens is 356 g/mol. The number of nitrogens with zero attached hydrogens (tertiary/aromatic N) is 2. The molecule has 3 rings (SSSR count). The molecule has 0 bridgehead atoms. The molecule has 1 aliphatic rings. The molecule has 2 aromatic carbocycles. The monoisotopic (exact) mass is 374 g/mol. The van der Waals surface area contributed by atoms with Gasteiger partial charge in [0.05, 0.1) is 38.5 Å². The number of amides is 1. The number of anilines is 1. The summed E-state index contributed by atoms with van der Waals surface area (Å²) in [7, 11) is 4.39. The Morgan fingerprint density at radius 1 is 1.11 bits per heavy atom. The Bertz CT molecular complexity index is 872. The zero-order valence-corrected chi connectivity index (χ0v) is 15.1. The highest BCUT2D eigenvalue weighted by Crippen LogP contribution is 2.40. The third-order valence-electron chi connectivity index (χ3n) is 4.17. The van der Waals surface area contributed by atoms with Crippen LogP contribution in [0, 0.1) is 10.1 Å². The third-order valence-corrected chi connectivity index (χ3v) is 4.17. The highest BCUT2D eigenvalue weighted by molar-refractivity contribution is 6.08. The van der Waals surface area contributed by atoms with E-state index in [1.807, 2.05) is 0 Å². The van der Waals surface area contributed by atoms with Crippen LogP contribution < -0.4 is 23.8 Å². The van der Waals surface area contributed by atoms with Gasteiger partial charge in [-0.05, 0) is 18.2 Å². The first kappa shape index (κ1) is 18.3. The van der Waals surface area contributed by atoms with Gasteiger partial charge in [-0.25, -0.2) is 0 Å². The summed E-state index contributed by atoms with van der Waals surface area (Å²) < 4.78 is 21.4. The van der Waals surface area contributed by atoms with Crippen molar-refractivity contribution in [2.75, 3.05) is 39.4 Å². The summed E-state index contributed by atoms with van der Waals surface area (Å²) in [6.07, 6.45) is 0. The molecule has 0 atom stereocenters. The van der Waals surface area contributed by atoms with Crippen molar-refractivity contribution in [2.24, 2.45) is 0 Å². The number of hydrogen-bond acceptors (Lipinski definition) is 7. The first-order chi connectivity index (χ1) is 13.0. The van der Waals surface area contributed by atoms with Crippen LogP contribution >= 0.6 is 0 Å². The number of carbonyl (C=O) groups excluding carboxylic acids is 1. The van der Waals surface area contributed by atoms with Gasteiger partial charge < -0.3 is 23.8 Å². The van der Waals surface area contributed by atoms with Crippen LogP contribution in [0.1, 0.15) is 10.4 Å². The quantitative estimate of drug-likeness (QED) is 0.586. The van der Waals surface area contributed by atoms with Crippen LogP contribution in [0.3, 0.4) is 0 Å². The molecule has 0 radical (unpaired) electrons. The molecule has 142 valence electrons. The van der Waals surface area contributed by atoms with Gasteiger partial charge in [0.1, 0.15) is 12.4 Å². The van der Waals surface area contributed by atoms with Crippen LogP contribution in [0.4, 0.5) is 11.4 Å². The first-order valence-electron chi connectivity index (χ1n) is 8.03. The number of methoxy groups -OCH3 is 3. The van der Waals surface area contributed by atoms with Gasteiger partial charge in [0.2, 0.25) is 5.75 Å². The maximum absolute atomic E-state index is 13.1. The average molecular weight is 374 g/mol. The fourth-order valence-electron chi connectivity index (χ4n) is 2.89. The van der Waals surface area contributed by atoms with Crippen molar-refractivity contribution in [2.45, 2.75) is 0 Å². The second kappa shape index (κ2) is 7.40. The number of benzene rings is 2. The highest BCUT2D eigenvalue weighted by Gasteiger charge is 2.28. The molecular formula is C18H18N2O7. The summed E-state index contributed by atoms with van der Waals surface area (Å²) in [6, 6.07) is 7.23. The summed E-state index contributed by atoms with van der Waals surface area (Å²) in [5.74, 6) is 1.10. The van der Waals surface area contributed by atoms with E-state index in [-0.39, 0.29) is 24.7 Å². The summed E-state index contributed by atoms with van der Waals surface area (Å²) in [4.78, 5) is 25.1. The van der Waals surface area contributed by atoms with Crippen LogP contribution in [0.5, 0.6) is 23.0 Å². The van der Waals surface area contributed by atoms with Crippen molar-refractivity contribution in [3.63, 3.8) is 0 Å². The molecule has 0 saturated carbocycles. The minimum Gasteiger partial charge on any atom is -0.493 e. The Hall–Kier alpha value is -3.49. The lowest BCUT2D eigenvalue weighted by Gasteiger charge is -2.29. The number of non-ortho nitro benzene ring substituents is 1. The second-order valence-electron chi connectivity index (χ2n) is 5.63. The molecule has 1 amide bonds. The van der Waals surface area contributed by atoms with Crippen LogP contribution in [-0.2, 0) is 0 Å². The van der Waals surface area contributed by atoms with Crippen LogP contribution in [0.25, 0.3) is 0 Å². The smallest absolute Gasteiger partial charge is 0.271 e. The maximum Gasteiger partial charge on any atom is 0.271 e. The average Bonchev–Trinajstić information content (AvgIpc) is 2.70. The van der Waals surface area contributed by atoms with E-state index in [1.165, 1.54) is 56.6 Å². The van der Waals surface area contributed by atoms with Crippen molar-refractivity contribution in [3.05, 3.63) is 46.0 Å². The summed E-state index contributed by atoms with van der Waals surface area (Å²) in [5.41, 5.74) is 0.514. The molecule has 27 heavy (non-hydrogen) atoms. The molecule has 0 fully saturated rings. The lowest BCUT2D eigenvalue weighted by Crippen LogP contribution is -2.38. The lowest BCUT2D eigenvalue weighted by atomic mass is 10.1. The van der Waals surface area contributed by atoms with E-state index in [0.717, 1.165) is 0 Å². The topological polar surface area (TPSA) is 100 Å². The number of nitro groups is 1. The van der Waals surface area contributed by atoms with Gasteiger partial charge in [-0.1, -0.05) is 0 Å². The Morgan fingerprint density at radius 2 is 1.78 bits per heavy atom. The zero-order chi connectivity index (χ0) is 19.6. The number of fused-ring (bicyclic) bond motifs is 1. The third kappa shape index (κ3) is 3.31. The molecule has 0 N–H and O–H groups in total. The number of carbonyl (C=O) groups is 1. The van der Waals surface area contributed by atoms with E-state index in [4.69, 9.17) is 18.9 Å². The molecule has 0 saturated heterocycles.